The van der Waals surface area contributed by atoms with Crippen molar-refractivity contribution in [2.24, 2.45) is 0 Å². The van der Waals surface area contributed by atoms with Crippen LogP contribution in [0.1, 0.15) is 30.8 Å². The molecule has 0 spiro atoms. The third-order valence-corrected chi connectivity index (χ3v) is 7.73. The molecule has 0 radical (unpaired) electrons. The maximum atomic E-state index is 12.5. The molecule has 0 saturated carbocycles. The van der Waals surface area contributed by atoms with Crippen molar-refractivity contribution < 1.29 is 13.2 Å². The van der Waals surface area contributed by atoms with Gasteiger partial charge in [0.05, 0.1) is 22.3 Å². The maximum absolute atomic E-state index is 12.5. The van der Waals surface area contributed by atoms with Crippen LogP contribution in [-0.4, -0.2) is 39.6 Å². The number of sulfone groups is 1. The summed E-state index contributed by atoms with van der Waals surface area (Å²) in [5.74, 6) is 1.03. The average Bonchev–Trinajstić information content (AvgIpc) is 3.18. The van der Waals surface area contributed by atoms with Crippen LogP contribution in [0.25, 0.3) is 5.82 Å². The maximum Gasteiger partial charge on any atom is 0.228 e. The molecule has 9 nitrogen and oxygen atoms in total. The van der Waals surface area contributed by atoms with Crippen molar-refractivity contribution in [2.75, 3.05) is 10.6 Å². The van der Waals surface area contributed by atoms with Gasteiger partial charge in [-0.05, 0) is 87.9 Å². The van der Waals surface area contributed by atoms with E-state index in [-0.39, 0.29) is 17.2 Å². The normalized spacial score (nSPS) is 11.5. The van der Waals surface area contributed by atoms with Crippen LogP contribution in [0.5, 0.6) is 0 Å². The molecule has 2 aromatic carbocycles. The average molecular weight is 505 g/mol. The molecule has 2 heterocycles. The number of hydrogen-bond acceptors (Lipinski definition) is 7. The van der Waals surface area contributed by atoms with Gasteiger partial charge < -0.3 is 10.6 Å². The van der Waals surface area contributed by atoms with Gasteiger partial charge in [0.2, 0.25) is 5.91 Å². The third-order valence-electron chi connectivity index (χ3n) is 5.56. The summed E-state index contributed by atoms with van der Waals surface area (Å²) in [7, 11) is -3.33. The number of aryl methyl sites for hydroxylation is 2. The van der Waals surface area contributed by atoms with Gasteiger partial charge in [0.15, 0.2) is 21.5 Å². The summed E-state index contributed by atoms with van der Waals surface area (Å²) < 4.78 is 26.2. The first-order valence-electron chi connectivity index (χ1n) is 11.5. The highest BCUT2D eigenvalue weighted by Crippen LogP contribution is 2.20. The zero-order chi connectivity index (χ0) is 25.9. The Kier molecular flexibility index (Phi) is 7.16. The number of amides is 1. The zero-order valence-electron chi connectivity index (χ0n) is 20.6. The molecule has 0 aliphatic carbocycles. The number of carbonyl (C=O) groups is 1. The Morgan fingerprint density at radius 2 is 1.58 bits per heavy atom. The van der Waals surface area contributed by atoms with Crippen LogP contribution < -0.4 is 10.6 Å². The predicted molar refractivity (Wildman–Crippen MR) is 139 cm³/mol. The van der Waals surface area contributed by atoms with E-state index in [4.69, 9.17) is 0 Å². The number of anilines is 3. The van der Waals surface area contributed by atoms with E-state index in [0.29, 0.717) is 17.3 Å². The highest BCUT2D eigenvalue weighted by atomic mass is 32.2. The lowest BCUT2D eigenvalue weighted by atomic mass is 10.1. The van der Waals surface area contributed by atoms with Gasteiger partial charge in [-0.3, -0.25) is 4.79 Å². The second-order valence-electron chi connectivity index (χ2n) is 8.78. The summed E-state index contributed by atoms with van der Waals surface area (Å²) in [6.45, 7) is 7.18. The molecule has 2 aromatic heterocycles. The minimum atomic E-state index is -3.33. The van der Waals surface area contributed by atoms with Crippen molar-refractivity contribution in [1.29, 1.82) is 0 Å². The van der Waals surface area contributed by atoms with Crippen LogP contribution in [0.4, 0.5) is 17.2 Å². The van der Waals surface area contributed by atoms with Crippen LogP contribution in [0, 0.1) is 13.8 Å². The summed E-state index contributed by atoms with van der Waals surface area (Å²) in [4.78, 5) is 12.7. The molecule has 2 N–H and O–H groups in total. The first-order valence-corrected chi connectivity index (χ1v) is 13.0. The van der Waals surface area contributed by atoms with Crippen molar-refractivity contribution in [1.82, 2.24) is 20.0 Å². The fourth-order valence-electron chi connectivity index (χ4n) is 3.61. The van der Waals surface area contributed by atoms with E-state index >= 15 is 0 Å². The van der Waals surface area contributed by atoms with Crippen molar-refractivity contribution in [2.45, 2.75) is 44.3 Å². The minimum Gasteiger partial charge on any atom is -0.339 e. The van der Waals surface area contributed by atoms with Crippen molar-refractivity contribution in [3.05, 3.63) is 83.7 Å². The van der Waals surface area contributed by atoms with E-state index in [0.717, 1.165) is 22.6 Å². The number of carbonyl (C=O) groups excluding carboxylic acids is 1. The standard InChI is InChI=1S/C26H28N6O3S/c1-17(2)36(34,35)23-11-5-20(6-12-23)16-26(33)28-22-9-7-21(8-10-22)27-24-13-14-25(30-29-24)32-19(4)15-18(3)31-32/h5-15,17H,16H2,1-4H3,(H,27,29)(H,28,33). The molecule has 4 rings (SSSR count). The van der Waals surface area contributed by atoms with Gasteiger partial charge in [-0.1, -0.05) is 12.1 Å². The largest absolute Gasteiger partial charge is 0.339 e. The smallest absolute Gasteiger partial charge is 0.228 e. The van der Waals surface area contributed by atoms with Gasteiger partial charge in [-0.15, -0.1) is 10.2 Å². The second-order valence-corrected chi connectivity index (χ2v) is 11.3. The molecule has 10 heteroatoms. The highest BCUT2D eigenvalue weighted by molar-refractivity contribution is 7.92. The first kappa shape index (κ1) is 25.1. The summed E-state index contributed by atoms with van der Waals surface area (Å²) in [5.41, 5.74) is 4.07. The molecule has 0 saturated heterocycles. The monoisotopic (exact) mass is 504 g/mol. The summed E-state index contributed by atoms with van der Waals surface area (Å²) >= 11 is 0. The molecule has 0 unspecified atom stereocenters. The van der Waals surface area contributed by atoms with E-state index in [9.17, 15) is 13.2 Å². The Bertz CT molecular complexity index is 1460. The second kappa shape index (κ2) is 10.3. The number of aromatic nitrogens is 4. The fraction of sp³-hybridized carbons (Fsp3) is 0.231. The quantitative estimate of drug-likeness (QED) is 0.365. The molecule has 186 valence electrons. The van der Waals surface area contributed by atoms with E-state index in [1.165, 1.54) is 0 Å². The number of rotatable bonds is 8. The molecule has 0 fully saturated rings. The molecule has 0 bridgehead atoms. The van der Waals surface area contributed by atoms with Gasteiger partial charge in [0.1, 0.15) is 0 Å². The van der Waals surface area contributed by atoms with Crippen LogP contribution in [0.3, 0.4) is 0 Å². The Labute approximate surface area is 210 Å². The molecule has 0 aliphatic rings. The van der Waals surface area contributed by atoms with Gasteiger partial charge in [0, 0.05) is 17.1 Å². The van der Waals surface area contributed by atoms with E-state index in [1.807, 2.05) is 44.2 Å². The molecule has 0 aliphatic heterocycles. The summed E-state index contributed by atoms with van der Waals surface area (Å²) in [6, 6.07) is 19.3. The highest BCUT2D eigenvalue weighted by Gasteiger charge is 2.19. The Morgan fingerprint density at radius 3 is 2.14 bits per heavy atom. The van der Waals surface area contributed by atoms with Gasteiger partial charge >= 0.3 is 0 Å². The number of hydrogen-bond donors (Lipinski definition) is 2. The van der Waals surface area contributed by atoms with Crippen LogP contribution >= 0.6 is 0 Å². The van der Waals surface area contributed by atoms with Crippen LogP contribution in [0.15, 0.2) is 71.6 Å². The number of benzene rings is 2. The predicted octanol–water partition coefficient (Wildman–Crippen LogP) is 4.39. The topological polar surface area (TPSA) is 119 Å². The van der Waals surface area contributed by atoms with Crippen LogP contribution in [-0.2, 0) is 21.1 Å². The van der Waals surface area contributed by atoms with Crippen molar-refractivity contribution >= 4 is 32.9 Å². The van der Waals surface area contributed by atoms with Gasteiger partial charge in [-0.2, -0.15) is 5.10 Å². The molecule has 36 heavy (non-hydrogen) atoms. The van der Waals surface area contributed by atoms with E-state index < -0.39 is 15.1 Å². The lowest BCUT2D eigenvalue weighted by molar-refractivity contribution is -0.115. The zero-order valence-corrected chi connectivity index (χ0v) is 21.4. The first-order chi connectivity index (χ1) is 17.1. The lowest BCUT2D eigenvalue weighted by Gasteiger charge is -2.10. The van der Waals surface area contributed by atoms with Crippen molar-refractivity contribution in [3.63, 3.8) is 0 Å². The summed E-state index contributed by atoms with van der Waals surface area (Å²) in [5, 5.41) is 18.4. The number of nitrogens with zero attached hydrogens (tertiary/aromatic N) is 4. The van der Waals surface area contributed by atoms with Crippen molar-refractivity contribution in [3.8, 4) is 5.82 Å². The van der Waals surface area contributed by atoms with E-state index in [1.54, 1.807) is 54.9 Å². The number of nitrogens with one attached hydrogen (secondary N) is 2. The lowest BCUT2D eigenvalue weighted by Crippen LogP contribution is -2.15. The van der Waals surface area contributed by atoms with Crippen LogP contribution in [0.2, 0.25) is 0 Å². The van der Waals surface area contributed by atoms with Gasteiger partial charge in [-0.25, -0.2) is 13.1 Å². The third kappa shape index (κ3) is 5.77. The SMILES string of the molecule is Cc1cc(C)n(-c2ccc(Nc3ccc(NC(=O)Cc4ccc(S(=O)(=O)C(C)C)cc4)cc3)nn2)n1. The summed E-state index contributed by atoms with van der Waals surface area (Å²) in [6.07, 6.45) is 0.138. The van der Waals surface area contributed by atoms with E-state index in [2.05, 4.69) is 25.9 Å². The fourth-order valence-corrected chi connectivity index (χ4v) is 4.67. The minimum absolute atomic E-state index is 0.138. The molecule has 4 aromatic rings. The molecule has 1 amide bonds. The Morgan fingerprint density at radius 1 is 0.917 bits per heavy atom. The molecule has 0 atom stereocenters. The Balaban J connectivity index is 1.33. The Hall–Kier alpha value is -4.05. The van der Waals surface area contributed by atoms with Gasteiger partial charge in [0.25, 0.3) is 0 Å². The molecular formula is C26H28N6O3S. The molecular weight excluding hydrogens is 476 g/mol.